The summed E-state index contributed by atoms with van der Waals surface area (Å²) in [6.07, 6.45) is -5.07. The largest absolute Gasteiger partial charge is 0.497 e. The molecule has 0 bridgehead atoms. The number of rotatable bonds is 5. The monoisotopic (exact) mass is 432 g/mol. The molecule has 1 N–H and O–H groups in total. The predicted octanol–water partition coefficient (Wildman–Crippen LogP) is 3.25. The van der Waals surface area contributed by atoms with Crippen molar-refractivity contribution in [2.45, 2.75) is 18.3 Å². The van der Waals surface area contributed by atoms with E-state index in [2.05, 4.69) is 10.1 Å². The van der Waals surface area contributed by atoms with Crippen LogP contribution in [0.1, 0.15) is 11.4 Å². The minimum atomic E-state index is -5.07. The lowest BCUT2D eigenvalue weighted by Gasteiger charge is -2.29. The molecule has 0 radical (unpaired) electrons. The summed E-state index contributed by atoms with van der Waals surface area (Å²) in [5.74, 6) is -0.908. The Morgan fingerprint density at radius 3 is 2.39 bits per heavy atom. The maximum Gasteiger partial charge on any atom is 0.425 e. The van der Waals surface area contributed by atoms with Crippen molar-refractivity contribution in [3.63, 3.8) is 0 Å². The van der Waals surface area contributed by atoms with Gasteiger partial charge in [-0.25, -0.2) is 4.79 Å². The Hall–Kier alpha value is -3.89. The first-order valence-electron chi connectivity index (χ1n) is 8.99. The highest BCUT2D eigenvalue weighted by Gasteiger charge is 2.68. The predicted molar refractivity (Wildman–Crippen MR) is 99.5 cm³/mol. The summed E-state index contributed by atoms with van der Waals surface area (Å²) in [6.45, 7) is -0.588. The average Bonchev–Trinajstić information content (AvgIpc) is 3.33. The van der Waals surface area contributed by atoms with E-state index in [1.165, 1.54) is 25.3 Å². The molecular formula is C20H15F3N4O4. The fraction of sp³-hybridized carbons (Fsp3) is 0.200. The number of urea groups is 1. The molecule has 3 amide bonds. The molecule has 1 aliphatic rings. The quantitative estimate of drug-likeness (QED) is 0.622. The summed E-state index contributed by atoms with van der Waals surface area (Å²) in [5, 5.41) is 5.48. The lowest BCUT2D eigenvalue weighted by Crippen LogP contribution is -2.55. The number of alkyl halides is 3. The molecule has 8 nitrogen and oxygen atoms in total. The minimum Gasteiger partial charge on any atom is -0.497 e. The van der Waals surface area contributed by atoms with Gasteiger partial charge in [0.2, 0.25) is 5.54 Å². The molecule has 1 atom stereocenters. The van der Waals surface area contributed by atoms with E-state index in [4.69, 9.17) is 9.26 Å². The molecule has 0 spiro atoms. The molecule has 1 saturated heterocycles. The van der Waals surface area contributed by atoms with E-state index in [1.807, 2.05) is 5.32 Å². The van der Waals surface area contributed by atoms with Gasteiger partial charge in [0.15, 0.2) is 5.82 Å². The second kappa shape index (κ2) is 7.42. The Morgan fingerprint density at radius 1 is 1.10 bits per heavy atom. The molecule has 0 aliphatic carbocycles. The van der Waals surface area contributed by atoms with Gasteiger partial charge in [-0.3, -0.25) is 9.69 Å². The van der Waals surface area contributed by atoms with Gasteiger partial charge in [-0.2, -0.15) is 18.2 Å². The molecule has 3 aromatic rings. The van der Waals surface area contributed by atoms with Crippen LogP contribution >= 0.6 is 0 Å². The Morgan fingerprint density at radius 2 is 1.77 bits per heavy atom. The van der Waals surface area contributed by atoms with Gasteiger partial charge in [-0.05, 0) is 29.8 Å². The third-order valence-electron chi connectivity index (χ3n) is 4.84. The maximum atomic E-state index is 14.0. The summed E-state index contributed by atoms with van der Waals surface area (Å²) in [6, 6.07) is 11.9. The SMILES string of the molecule is COc1ccc(-c2nc(CN3C(=O)NC(c4ccccc4)(C(F)(F)F)C3=O)no2)cc1. The highest BCUT2D eigenvalue weighted by Crippen LogP contribution is 2.43. The van der Waals surface area contributed by atoms with Crippen molar-refractivity contribution in [2.75, 3.05) is 7.11 Å². The first kappa shape index (κ1) is 20.4. The normalized spacial score (nSPS) is 18.9. The van der Waals surface area contributed by atoms with E-state index in [0.717, 1.165) is 12.1 Å². The zero-order valence-electron chi connectivity index (χ0n) is 16.0. The van der Waals surface area contributed by atoms with Crippen LogP contribution in [0.2, 0.25) is 0 Å². The van der Waals surface area contributed by atoms with Crippen LogP contribution in [0.15, 0.2) is 59.1 Å². The second-order valence-corrected chi connectivity index (χ2v) is 6.68. The van der Waals surface area contributed by atoms with Crippen molar-refractivity contribution in [3.05, 3.63) is 66.0 Å². The van der Waals surface area contributed by atoms with Gasteiger partial charge in [0.1, 0.15) is 5.75 Å². The number of nitrogens with zero attached hydrogens (tertiary/aromatic N) is 3. The number of benzene rings is 2. The van der Waals surface area contributed by atoms with E-state index in [1.54, 1.807) is 24.3 Å². The van der Waals surface area contributed by atoms with E-state index in [9.17, 15) is 22.8 Å². The van der Waals surface area contributed by atoms with E-state index in [-0.39, 0.29) is 11.7 Å². The van der Waals surface area contributed by atoms with Crippen LogP contribution in [-0.4, -0.2) is 40.3 Å². The maximum absolute atomic E-state index is 14.0. The lowest BCUT2D eigenvalue weighted by molar-refractivity contribution is -0.198. The zero-order valence-corrected chi connectivity index (χ0v) is 16.0. The third kappa shape index (κ3) is 3.37. The number of nitrogens with one attached hydrogen (secondary N) is 1. The number of methoxy groups -OCH3 is 1. The number of aromatic nitrogens is 2. The van der Waals surface area contributed by atoms with E-state index in [0.29, 0.717) is 16.2 Å². The van der Waals surface area contributed by atoms with Crippen molar-refractivity contribution in [3.8, 4) is 17.2 Å². The van der Waals surface area contributed by atoms with Crippen molar-refractivity contribution < 1.29 is 32.0 Å². The van der Waals surface area contributed by atoms with Gasteiger partial charge < -0.3 is 14.6 Å². The molecule has 11 heteroatoms. The molecule has 1 unspecified atom stereocenters. The number of carbonyl (C=O) groups is 2. The molecule has 1 fully saturated rings. The van der Waals surface area contributed by atoms with Gasteiger partial charge in [-0.15, -0.1) is 0 Å². The minimum absolute atomic E-state index is 0.0786. The number of halogens is 3. The fourth-order valence-electron chi connectivity index (χ4n) is 3.27. The Kier molecular flexibility index (Phi) is 4.88. The molecule has 2 heterocycles. The standard InChI is InChI=1S/C20H15F3N4O4/c1-30-14-9-7-12(8-10-14)16-24-15(26-31-16)11-27-17(28)19(20(21,22)23,25-18(27)29)13-5-3-2-4-6-13/h2-10H,11H2,1H3,(H,25,29). The average molecular weight is 432 g/mol. The fourth-order valence-corrected chi connectivity index (χ4v) is 3.27. The number of carbonyl (C=O) groups excluding carboxylic acids is 2. The molecule has 0 saturated carbocycles. The van der Waals surface area contributed by atoms with Crippen molar-refractivity contribution in [1.82, 2.24) is 20.4 Å². The lowest BCUT2D eigenvalue weighted by atomic mass is 9.89. The van der Waals surface area contributed by atoms with Gasteiger partial charge in [0.05, 0.1) is 13.7 Å². The third-order valence-corrected chi connectivity index (χ3v) is 4.84. The highest BCUT2D eigenvalue weighted by atomic mass is 19.4. The first-order chi connectivity index (χ1) is 14.8. The van der Waals surface area contributed by atoms with Gasteiger partial charge in [0.25, 0.3) is 11.8 Å². The Labute approximate surface area is 173 Å². The Bertz CT molecular complexity index is 1120. The smallest absolute Gasteiger partial charge is 0.425 e. The molecule has 4 rings (SSSR count). The van der Waals surface area contributed by atoms with Crippen LogP contribution in [-0.2, 0) is 16.9 Å². The van der Waals surface area contributed by atoms with Crippen LogP contribution in [0.25, 0.3) is 11.5 Å². The molecule has 160 valence electrons. The summed E-state index contributed by atoms with van der Waals surface area (Å²) in [5.41, 5.74) is -3.05. The molecule has 1 aromatic heterocycles. The number of amides is 3. The van der Waals surface area contributed by atoms with Crippen LogP contribution in [0, 0.1) is 0 Å². The number of hydrogen-bond acceptors (Lipinski definition) is 6. The second-order valence-electron chi connectivity index (χ2n) is 6.68. The molecular weight excluding hydrogens is 417 g/mol. The molecule has 2 aromatic carbocycles. The Balaban J connectivity index is 1.62. The molecule has 1 aliphatic heterocycles. The van der Waals surface area contributed by atoms with Crippen molar-refractivity contribution >= 4 is 11.9 Å². The summed E-state index contributed by atoms with van der Waals surface area (Å²) >= 11 is 0. The number of imide groups is 1. The number of hydrogen-bond donors (Lipinski definition) is 1. The van der Waals surface area contributed by atoms with Gasteiger partial charge in [0, 0.05) is 5.56 Å². The zero-order chi connectivity index (χ0) is 22.2. The van der Waals surface area contributed by atoms with Crippen LogP contribution in [0.5, 0.6) is 5.75 Å². The number of ether oxygens (including phenoxy) is 1. The summed E-state index contributed by atoms with van der Waals surface area (Å²) < 4.78 is 52.2. The highest BCUT2D eigenvalue weighted by molar-refractivity contribution is 6.08. The van der Waals surface area contributed by atoms with Crippen molar-refractivity contribution in [2.24, 2.45) is 0 Å². The van der Waals surface area contributed by atoms with Crippen LogP contribution < -0.4 is 10.1 Å². The van der Waals surface area contributed by atoms with Crippen LogP contribution in [0.4, 0.5) is 18.0 Å². The van der Waals surface area contributed by atoms with Crippen molar-refractivity contribution in [1.29, 1.82) is 0 Å². The van der Waals surface area contributed by atoms with Gasteiger partial charge in [-0.1, -0.05) is 35.5 Å². The summed E-state index contributed by atoms with van der Waals surface area (Å²) in [4.78, 5) is 29.7. The van der Waals surface area contributed by atoms with E-state index >= 15 is 0 Å². The van der Waals surface area contributed by atoms with Crippen LogP contribution in [0.3, 0.4) is 0 Å². The van der Waals surface area contributed by atoms with Gasteiger partial charge >= 0.3 is 12.2 Å². The van der Waals surface area contributed by atoms with E-state index < -0.39 is 35.8 Å². The first-order valence-corrected chi connectivity index (χ1v) is 8.99. The molecule has 31 heavy (non-hydrogen) atoms. The summed E-state index contributed by atoms with van der Waals surface area (Å²) in [7, 11) is 1.51. The topological polar surface area (TPSA) is 97.6 Å².